The van der Waals surface area contributed by atoms with Gasteiger partial charge in [-0.2, -0.15) is 0 Å². The summed E-state index contributed by atoms with van der Waals surface area (Å²) >= 11 is 0. The Morgan fingerprint density at radius 2 is 1.30 bits per heavy atom. The lowest BCUT2D eigenvalue weighted by atomic mass is 9.87. The second-order valence-electron chi connectivity index (χ2n) is 5.81. The topological polar surface area (TPSA) is 23.1 Å². The van der Waals surface area contributed by atoms with Crippen molar-refractivity contribution in [1.82, 2.24) is 0 Å². The van der Waals surface area contributed by atoms with Crippen LogP contribution in [0.15, 0.2) is 60.7 Å². The zero-order valence-electron chi connectivity index (χ0n) is 12.3. The Morgan fingerprint density at radius 3 is 1.70 bits per heavy atom. The van der Waals surface area contributed by atoms with Gasteiger partial charge in [-0.3, -0.25) is 0 Å². The summed E-state index contributed by atoms with van der Waals surface area (Å²) in [6.45, 7) is 0.663. The molecule has 0 aliphatic heterocycles. The quantitative estimate of drug-likeness (QED) is 0.570. The molecular weight excluding hydrogens is 246 g/mol. The van der Waals surface area contributed by atoms with Gasteiger partial charge in [0, 0.05) is 5.92 Å². The van der Waals surface area contributed by atoms with Crippen LogP contribution in [0.3, 0.4) is 0 Å². The predicted molar refractivity (Wildman–Crippen MR) is 84.3 cm³/mol. The Morgan fingerprint density at radius 1 is 0.850 bits per heavy atom. The highest BCUT2D eigenvalue weighted by atomic mass is 16.5. The fraction of sp³-hybridized carbons (Fsp3) is 0.333. The van der Waals surface area contributed by atoms with Crippen LogP contribution in [-0.4, -0.2) is 25.3 Å². The highest BCUT2D eigenvalue weighted by molar-refractivity contribution is 5.32. The van der Waals surface area contributed by atoms with Gasteiger partial charge in [0.15, 0.2) is 0 Å². The van der Waals surface area contributed by atoms with E-state index >= 15 is 0 Å². The molecule has 0 saturated carbocycles. The van der Waals surface area contributed by atoms with Crippen molar-refractivity contribution in [2.75, 3.05) is 20.6 Å². The molecule has 0 aliphatic rings. The molecule has 106 valence electrons. The second-order valence-corrected chi connectivity index (χ2v) is 5.81. The molecule has 0 aliphatic carbocycles. The number of nitrogens with zero attached hydrogens (tertiary/aromatic N) is 1. The molecule has 0 N–H and O–H groups in total. The molecular formula is C18H23NO. The molecule has 0 saturated heterocycles. The van der Waals surface area contributed by atoms with Crippen LogP contribution in [0.4, 0.5) is 0 Å². The van der Waals surface area contributed by atoms with E-state index in [2.05, 4.69) is 48.5 Å². The first kappa shape index (κ1) is 14.8. The zero-order valence-corrected chi connectivity index (χ0v) is 12.3. The van der Waals surface area contributed by atoms with Crippen molar-refractivity contribution in [3.8, 4) is 0 Å². The molecule has 2 rings (SSSR count). The summed E-state index contributed by atoms with van der Waals surface area (Å²) in [7, 11) is 3.42. The van der Waals surface area contributed by atoms with Gasteiger partial charge in [0.1, 0.15) is 0 Å². The molecule has 0 amide bonds. The summed E-state index contributed by atoms with van der Waals surface area (Å²) in [5.74, 6) is 0.379. The first-order valence-corrected chi connectivity index (χ1v) is 7.20. The van der Waals surface area contributed by atoms with E-state index in [1.807, 2.05) is 12.1 Å². The standard InChI is InChI=1S/C18H23NO/c1-19(2,20)15-9-14-18(16-10-5-3-6-11-16)17-12-7-4-8-13-17/h3-8,10-13,18H,9,14-15H2,1-2H3. The average molecular weight is 269 g/mol. The van der Waals surface area contributed by atoms with E-state index in [0.29, 0.717) is 12.5 Å². The van der Waals surface area contributed by atoms with Crippen LogP contribution in [0.25, 0.3) is 0 Å². The highest BCUT2D eigenvalue weighted by Gasteiger charge is 2.14. The summed E-state index contributed by atoms with van der Waals surface area (Å²) in [6, 6.07) is 21.1. The molecule has 2 nitrogen and oxygen atoms in total. The highest BCUT2D eigenvalue weighted by Crippen LogP contribution is 2.29. The van der Waals surface area contributed by atoms with E-state index in [9.17, 15) is 5.21 Å². The van der Waals surface area contributed by atoms with Crippen molar-refractivity contribution in [1.29, 1.82) is 0 Å². The molecule has 2 heteroatoms. The molecule has 0 unspecified atom stereocenters. The van der Waals surface area contributed by atoms with Crippen molar-refractivity contribution < 1.29 is 4.65 Å². The van der Waals surface area contributed by atoms with Crippen LogP contribution in [-0.2, 0) is 0 Å². The molecule has 2 aromatic rings. The van der Waals surface area contributed by atoms with Gasteiger partial charge in [0.25, 0.3) is 0 Å². The van der Waals surface area contributed by atoms with E-state index in [4.69, 9.17) is 0 Å². The van der Waals surface area contributed by atoms with E-state index in [1.54, 1.807) is 14.1 Å². The zero-order chi connectivity index (χ0) is 14.4. The normalized spacial score (nSPS) is 11.8. The minimum absolute atomic E-state index is 0.212. The summed E-state index contributed by atoms with van der Waals surface area (Å²) < 4.78 is -0.212. The van der Waals surface area contributed by atoms with Crippen LogP contribution in [0.5, 0.6) is 0 Å². The van der Waals surface area contributed by atoms with Gasteiger partial charge >= 0.3 is 0 Å². The van der Waals surface area contributed by atoms with E-state index in [1.165, 1.54) is 11.1 Å². The average Bonchev–Trinajstić information content (AvgIpc) is 2.44. The van der Waals surface area contributed by atoms with Gasteiger partial charge in [0.2, 0.25) is 0 Å². The fourth-order valence-electron chi connectivity index (χ4n) is 2.57. The van der Waals surface area contributed by atoms with Crippen molar-refractivity contribution in [2.45, 2.75) is 18.8 Å². The minimum Gasteiger partial charge on any atom is -0.633 e. The Bertz CT molecular complexity index is 462. The number of hydrogen-bond acceptors (Lipinski definition) is 1. The third-order valence-corrected chi connectivity index (χ3v) is 3.59. The van der Waals surface area contributed by atoms with Gasteiger partial charge in [-0.15, -0.1) is 0 Å². The molecule has 0 spiro atoms. The molecule has 0 fully saturated rings. The van der Waals surface area contributed by atoms with Crippen LogP contribution in [0, 0.1) is 5.21 Å². The molecule has 20 heavy (non-hydrogen) atoms. The van der Waals surface area contributed by atoms with Crippen molar-refractivity contribution in [3.05, 3.63) is 77.0 Å². The molecule has 0 aromatic heterocycles. The second kappa shape index (κ2) is 6.69. The van der Waals surface area contributed by atoms with Crippen LogP contribution < -0.4 is 0 Å². The van der Waals surface area contributed by atoms with Gasteiger partial charge < -0.3 is 9.85 Å². The summed E-state index contributed by atoms with van der Waals surface area (Å²) in [6.07, 6.45) is 1.95. The Hall–Kier alpha value is -1.64. The lowest BCUT2D eigenvalue weighted by Gasteiger charge is -2.34. The lowest BCUT2D eigenvalue weighted by molar-refractivity contribution is -0.840. The van der Waals surface area contributed by atoms with Crippen LogP contribution >= 0.6 is 0 Å². The Balaban J connectivity index is 2.13. The predicted octanol–water partition coefficient (Wildman–Crippen LogP) is 4.17. The Labute approximate surface area is 121 Å². The maximum absolute atomic E-state index is 11.7. The van der Waals surface area contributed by atoms with Gasteiger partial charge in [0.05, 0.1) is 20.6 Å². The van der Waals surface area contributed by atoms with Gasteiger partial charge in [-0.1, -0.05) is 60.7 Å². The third-order valence-electron chi connectivity index (χ3n) is 3.59. The number of rotatable bonds is 6. The number of hydroxylamine groups is 3. The molecule has 0 bridgehead atoms. The van der Waals surface area contributed by atoms with Crippen molar-refractivity contribution in [2.24, 2.45) is 0 Å². The van der Waals surface area contributed by atoms with E-state index < -0.39 is 0 Å². The molecule has 0 radical (unpaired) electrons. The van der Waals surface area contributed by atoms with Crippen molar-refractivity contribution in [3.63, 3.8) is 0 Å². The summed E-state index contributed by atoms with van der Waals surface area (Å²) in [5.41, 5.74) is 2.66. The van der Waals surface area contributed by atoms with Crippen LogP contribution in [0.2, 0.25) is 0 Å². The van der Waals surface area contributed by atoms with E-state index in [-0.39, 0.29) is 4.65 Å². The maximum Gasteiger partial charge on any atom is 0.0780 e. The monoisotopic (exact) mass is 269 g/mol. The minimum atomic E-state index is -0.212. The van der Waals surface area contributed by atoms with Gasteiger partial charge in [-0.05, 0) is 24.0 Å². The fourth-order valence-corrected chi connectivity index (χ4v) is 2.57. The largest absolute Gasteiger partial charge is 0.633 e. The molecule has 0 heterocycles. The SMILES string of the molecule is C[N+](C)([O-])CCCC(c1ccccc1)c1ccccc1. The maximum atomic E-state index is 11.7. The lowest BCUT2D eigenvalue weighted by Crippen LogP contribution is -2.33. The molecule has 0 atom stereocenters. The third kappa shape index (κ3) is 4.48. The summed E-state index contributed by atoms with van der Waals surface area (Å²) in [4.78, 5) is 0. The first-order valence-electron chi connectivity index (χ1n) is 7.20. The molecule has 2 aromatic carbocycles. The number of quaternary nitrogens is 1. The van der Waals surface area contributed by atoms with Gasteiger partial charge in [-0.25, -0.2) is 0 Å². The van der Waals surface area contributed by atoms with E-state index in [0.717, 1.165) is 12.8 Å². The summed E-state index contributed by atoms with van der Waals surface area (Å²) in [5, 5.41) is 11.7. The first-order chi connectivity index (χ1) is 9.56. The number of benzene rings is 2. The number of hydrogen-bond donors (Lipinski definition) is 0. The Kier molecular flexibility index (Phi) is 4.94. The van der Waals surface area contributed by atoms with Crippen molar-refractivity contribution >= 4 is 0 Å². The van der Waals surface area contributed by atoms with Crippen LogP contribution in [0.1, 0.15) is 29.9 Å². The smallest absolute Gasteiger partial charge is 0.0780 e.